The Morgan fingerprint density at radius 1 is 1.72 bits per heavy atom. The summed E-state index contributed by atoms with van der Waals surface area (Å²) in [7, 11) is 0. The maximum absolute atomic E-state index is 11.4. The molecule has 0 saturated carbocycles. The molecule has 0 bridgehead atoms. The van der Waals surface area contributed by atoms with Crippen molar-refractivity contribution in [2.75, 3.05) is 12.0 Å². The minimum absolute atomic E-state index is 0.276. The number of hydrogen-bond donors (Lipinski definition) is 1. The quantitative estimate of drug-likeness (QED) is 0.510. The Bertz CT molecular complexity index is 533. The zero-order valence-electron chi connectivity index (χ0n) is 9.62. The third-order valence-electron chi connectivity index (χ3n) is 1.88. The van der Waals surface area contributed by atoms with Crippen LogP contribution in [-0.4, -0.2) is 23.8 Å². The minimum atomic E-state index is -0.434. The first-order valence-corrected chi connectivity index (χ1v) is 6.13. The van der Waals surface area contributed by atoms with Crippen LogP contribution in [0.1, 0.15) is 23.2 Å². The number of hydrazone groups is 1. The predicted octanol–water partition coefficient (Wildman–Crippen LogP) is 2.36. The van der Waals surface area contributed by atoms with Gasteiger partial charge >= 0.3 is 5.97 Å². The highest BCUT2D eigenvalue weighted by molar-refractivity contribution is 7.13. The molecule has 6 nitrogen and oxygen atoms in total. The second-order valence-electron chi connectivity index (χ2n) is 3.14. The summed E-state index contributed by atoms with van der Waals surface area (Å²) < 4.78 is 9.90. The third-order valence-corrected chi connectivity index (χ3v) is 2.63. The summed E-state index contributed by atoms with van der Waals surface area (Å²) in [5, 5.41) is 6.06. The van der Waals surface area contributed by atoms with Crippen molar-refractivity contribution in [3.63, 3.8) is 0 Å². The first-order chi connectivity index (χ1) is 8.79. The fourth-order valence-corrected chi connectivity index (χ4v) is 1.77. The van der Waals surface area contributed by atoms with Crippen molar-refractivity contribution in [3.8, 4) is 0 Å². The zero-order valence-corrected chi connectivity index (χ0v) is 10.4. The molecule has 0 aromatic carbocycles. The summed E-state index contributed by atoms with van der Waals surface area (Å²) in [6.45, 7) is 2.08. The van der Waals surface area contributed by atoms with E-state index in [1.54, 1.807) is 30.7 Å². The van der Waals surface area contributed by atoms with Crippen LogP contribution in [0.4, 0.5) is 5.13 Å². The van der Waals surface area contributed by atoms with Gasteiger partial charge in [0.25, 0.3) is 0 Å². The van der Waals surface area contributed by atoms with Gasteiger partial charge in [-0.3, -0.25) is 5.43 Å². The number of hydrogen-bond acceptors (Lipinski definition) is 7. The second-order valence-corrected chi connectivity index (χ2v) is 4.00. The van der Waals surface area contributed by atoms with E-state index in [1.807, 2.05) is 0 Å². The van der Waals surface area contributed by atoms with Crippen LogP contribution in [-0.2, 0) is 4.74 Å². The predicted molar refractivity (Wildman–Crippen MR) is 68.0 cm³/mol. The van der Waals surface area contributed by atoms with E-state index in [0.29, 0.717) is 17.5 Å². The number of anilines is 1. The highest BCUT2D eigenvalue weighted by Gasteiger charge is 2.10. The molecule has 0 radical (unpaired) electrons. The number of carbonyl (C=O) groups excluding carboxylic acids is 1. The molecule has 0 aliphatic heterocycles. The maximum Gasteiger partial charge on any atom is 0.357 e. The Morgan fingerprint density at radius 2 is 2.61 bits per heavy atom. The van der Waals surface area contributed by atoms with Crippen LogP contribution in [0.2, 0.25) is 0 Å². The Morgan fingerprint density at radius 3 is 3.33 bits per heavy atom. The van der Waals surface area contributed by atoms with Crippen molar-refractivity contribution in [3.05, 3.63) is 35.2 Å². The molecule has 2 heterocycles. The van der Waals surface area contributed by atoms with E-state index in [1.165, 1.54) is 17.6 Å². The van der Waals surface area contributed by atoms with E-state index >= 15 is 0 Å². The molecular formula is C11H11N3O3S. The molecule has 0 spiro atoms. The van der Waals surface area contributed by atoms with Gasteiger partial charge in [-0.2, -0.15) is 5.10 Å². The number of carbonyl (C=O) groups is 1. The molecule has 0 atom stereocenters. The van der Waals surface area contributed by atoms with Crippen LogP contribution >= 0.6 is 11.3 Å². The van der Waals surface area contributed by atoms with Gasteiger partial charge in [-0.15, -0.1) is 11.3 Å². The summed E-state index contributed by atoms with van der Waals surface area (Å²) in [4.78, 5) is 15.4. The van der Waals surface area contributed by atoms with Crippen molar-refractivity contribution in [2.45, 2.75) is 6.92 Å². The normalized spacial score (nSPS) is 10.7. The molecule has 0 saturated heterocycles. The largest absolute Gasteiger partial charge is 0.463 e. The van der Waals surface area contributed by atoms with Crippen molar-refractivity contribution in [2.24, 2.45) is 5.10 Å². The topological polar surface area (TPSA) is 76.7 Å². The van der Waals surface area contributed by atoms with E-state index in [-0.39, 0.29) is 5.69 Å². The van der Waals surface area contributed by atoms with E-state index in [0.717, 1.165) is 0 Å². The van der Waals surface area contributed by atoms with Crippen LogP contribution in [0.25, 0.3) is 0 Å². The number of esters is 1. The van der Waals surface area contributed by atoms with Gasteiger partial charge in [-0.05, 0) is 19.1 Å². The van der Waals surface area contributed by atoms with Crippen molar-refractivity contribution in [1.29, 1.82) is 0 Å². The molecule has 0 amide bonds. The molecule has 7 heteroatoms. The number of furan rings is 1. The first kappa shape index (κ1) is 12.3. The molecule has 0 aliphatic rings. The van der Waals surface area contributed by atoms with Crippen molar-refractivity contribution >= 4 is 28.7 Å². The highest BCUT2D eigenvalue weighted by atomic mass is 32.1. The van der Waals surface area contributed by atoms with Crippen LogP contribution < -0.4 is 5.43 Å². The molecule has 0 fully saturated rings. The molecule has 94 valence electrons. The number of ether oxygens (including phenoxy) is 1. The van der Waals surface area contributed by atoms with Gasteiger partial charge in [-0.25, -0.2) is 9.78 Å². The van der Waals surface area contributed by atoms with Crippen LogP contribution in [0.15, 0.2) is 33.3 Å². The van der Waals surface area contributed by atoms with Gasteiger partial charge < -0.3 is 9.15 Å². The Labute approximate surface area is 107 Å². The van der Waals surface area contributed by atoms with E-state index in [9.17, 15) is 4.79 Å². The number of aromatic nitrogens is 1. The van der Waals surface area contributed by atoms with E-state index in [2.05, 4.69) is 15.5 Å². The molecule has 0 aliphatic carbocycles. The van der Waals surface area contributed by atoms with E-state index < -0.39 is 5.97 Å². The summed E-state index contributed by atoms with van der Waals surface area (Å²) in [5.74, 6) is 0.196. The van der Waals surface area contributed by atoms with Gasteiger partial charge in [0.1, 0.15) is 5.76 Å². The smallest absolute Gasteiger partial charge is 0.357 e. The third kappa shape index (κ3) is 3.17. The van der Waals surface area contributed by atoms with Crippen molar-refractivity contribution in [1.82, 2.24) is 4.98 Å². The highest BCUT2D eigenvalue weighted by Crippen LogP contribution is 2.15. The lowest BCUT2D eigenvalue weighted by Crippen LogP contribution is -2.04. The number of nitrogens with one attached hydrogen (secondary N) is 1. The molecule has 18 heavy (non-hydrogen) atoms. The molecular weight excluding hydrogens is 254 g/mol. The monoisotopic (exact) mass is 265 g/mol. The fourth-order valence-electron chi connectivity index (χ4n) is 1.14. The maximum atomic E-state index is 11.4. The average Bonchev–Trinajstić information content (AvgIpc) is 3.00. The Kier molecular flexibility index (Phi) is 4.08. The van der Waals surface area contributed by atoms with Gasteiger partial charge in [0, 0.05) is 5.38 Å². The molecule has 1 N–H and O–H groups in total. The molecule has 2 rings (SSSR count). The number of rotatable bonds is 5. The molecule has 2 aromatic heterocycles. The van der Waals surface area contributed by atoms with Gasteiger partial charge in [-0.1, -0.05) is 0 Å². The summed E-state index contributed by atoms with van der Waals surface area (Å²) >= 11 is 1.27. The van der Waals surface area contributed by atoms with Gasteiger partial charge in [0.15, 0.2) is 5.69 Å². The number of thiazole rings is 1. The molecule has 0 unspecified atom stereocenters. The van der Waals surface area contributed by atoms with Crippen LogP contribution in [0.3, 0.4) is 0 Å². The average molecular weight is 265 g/mol. The molecule has 2 aromatic rings. The summed E-state index contributed by atoms with van der Waals surface area (Å²) in [6.07, 6.45) is 3.08. The van der Waals surface area contributed by atoms with Crippen LogP contribution in [0, 0.1) is 0 Å². The lowest BCUT2D eigenvalue weighted by molar-refractivity contribution is 0.0520. The SMILES string of the molecule is CCOC(=O)c1csc(N/N=C/c2ccco2)n1. The first-order valence-electron chi connectivity index (χ1n) is 5.25. The van der Waals surface area contributed by atoms with E-state index in [4.69, 9.17) is 9.15 Å². The zero-order chi connectivity index (χ0) is 12.8. The van der Waals surface area contributed by atoms with Crippen molar-refractivity contribution < 1.29 is 13.9 Å². The summed E-state index contributed by atoms with van der Waals surface area (Å²) in [6, 6.07) is 3.54. The fraction of sp³-hybridized carbons (Fsp3) is 0.182. The number of nitrogens with zero attached hydrogens (tertiary/aromatic N) is 2. The lowest BCUT2D eigenvalue weighted by Gasteiger charge is -1.96. The Hall–Kier alpha value is -2.15. The van der Waals surface area contributed by atoms with Gasteiger partial charge in [0.2, 0.25) is 5.13 Å². The lowest BCUT2D eigenvalue weighted by atomic mass is 10.5. The summed E-state index contributed by atoms with van der Waals surface area (Å²) in [5.41, 5.74) is 2.98. The van der Waals surface area contributed by atoms with Crippen LogP contribution in [0.5, 0.6) is 0 Å². The van der Waals surface area contributed by atoms with Gasteiger partial charge in [0.05, 0.1) is 19.1 Å². The Balaban J connectivity index is 1.92. The minimum Gasteiger partial charge on any atom is -0.463 e. The second kappa shape index (κ2) is 5.97. The standard InChI is InChI=1S/C11H11N3O3S/c1-2-16-10(15)9-7-18-11(13-9)14-12-6-8-4-3-5-17-8/h3-7H,2H2,1H3,(H,13,14)/b12-6+.